The molecule has 2 saturated carbocycles. The van der Waals surface area contributed by atoms with Crippen molar-refractivity contribution in [2.75, 3.05) is 20.2 Å². The molecule has 2 aromatic heterocycles. The van der Waals surface area contributed by atoms with Crippen molar-refractivity contribution in [2.24, 2.45) is 29.6 Å². The predicted octanol–water partition coefficient (Wildman–Crippen LogP) is 6.21. The first-order valence-corrected chi connectivity index (χ1v) is 19.7. The lowest BCUT2D eigenvalue weighted by molar-refractivity contribution is -0.142. The molecule has 2 aliphatic heterocycles. The van der Waals surface area contributed by atoms with Crippen molar-refractivity contribution in [3.63, 3.8) is 0 Å². The first kappa shape index (κ1) is 36.5. The van der Waals surface area contributed by atoms with Crippen LogP contribution in [-0.4, -0.2) is 79.9 Å². The lowest BCUT2D eigenvalue weighted by atomic mass is 9.78. The molecule has 288 valence electrons. The van der Waals surface area contributed by atoms with E-state index in [0.29, 0.717) is 24.9 Å². The molecule has 2 bridgehead atoms. The van der Waals surface area contributed by atoms with Crippen LogP contribution in [0.15, 0.2) is 60.9 Å². The molecule has 55 heavy (non-hydrogen) atoms. The van der Waals surface area contributed by atoms with Gasteiger partial charge in [-0.2, -0.15) is 0 Å². The maximum atomic E-state index is 13.6. The number of fused-ring (bicyclic) bond motifs is 2. The number of aromatic nitrogens is 4. The summed E-state index contributed by atoms with van der Waals surface area (Å²) in [7, 11) is 1.29. The van der Waals surface area contributed by atoms with Gasteiger partial charge in [0, 0.05) is 24.9 Å². The number of rotatable bonds is 10. The third-order valence-electron chi connectivity index (χ3n) is 12.4. The smallest absolute Gasteiger partial charge is 0.407 e. The molecule has 8 rings (SSSR count). The fourth-order valence-electron chi connectivity index (χ4n) is 9.39. The summed E-state index contributed by atoms with van der Waals surface area (Å²) in [5.74, 6) is 1.78. The highest BCUT2D eigenvalue weighted by Crippen LogP contribution is 2.56. The third-order valence-corrected chi connectivity index (χ3v) is 12.4. The summed E-state index contributed by atoms with van der Waals surface area (Å²) in [6.45, 7) is 6.89. The minimum Gasteiger partial charge on any atom is -0.453 e. The number of methoxy groups -OCH3 is 1. The molecule has 2 aromatic carbocycles. The molecule has 7 atom stereocenters. The van der Waals surface area contributed by atoms with Crippen LogP contribution in [0.25, 0.3) is 33.6 Å². The number of benzene rings is 2. The fraction of sp³-hybridized carbons (Fsp3) is 0.476. The standard InChI is InChI=1S/C42H50N8O5/c1-23(2)36(47-42(54)55-4)41(53)49-18-5-6-33(49)37-43-21-31(45-37)27-11-7-25(8-12-27)26-9-13-28(14-10-26)32-22-44-38(46-32)34-29-15-16-30(20-29)35(34)39(51)48-50-19-17-24(3)40(50)52/h7-14,21-24,29-30,33-36H,5-6,15-20H2,1-4H3,(H,43,45)(H,44,46)(H,47,54)(H,48,51)/t24-,29-,30+,33-,34+,35+,36?/m0/s1. The summed E-state index contributed by atoms with van der Waals surface area (Å²) in [5.41, 5.74) is 8.91. The van der Waals surface area contributed by atoms with Gasteiger partial charge in [-0.1, -0.05) is 69.3 Å². The van der Waals surface area contributed by atoms with E-state index >= 15 is 0 Å². The van der Waals surface area contributed by atoms with E-state index in [0.717, 1.165) is 83.8 Å². The Bertz CT molecular complexity index is 2060. The zero-order valence-electron chi connectivity index (χ0n) is 31.9. The van der Waals surface area contributed by atoms with Gasteiger partial charge in [-0.25, -0.2) is 14.8 Å². The van der Waals surface area contributed by atoms with Crippen LogP contribution in [0.3, 0.4) is 0 Å². The van der Waals surface area contributed by atoms with Crippen molar-refractivity contribution in [3.8, 4) is 33.6 Å². The van der Waals surface area contributed by atoms with Crippen LogP contribution in [0.5, 0.6) is 0 Å². The van der Waals surface area contributed by atoms with Gasteiger partial charge in [0.2, 0.25) is 17.7 Å². The van der Waals surface area contributed by atoms with Gasteiger partial charge in [-0.15, -0.1) is 0 Å². The Labute approximate surface area is 321 Å². The molecular weight excluding hydrogens is 697 g/mol. The Hall–Kier alpha value is -5.46. The third kappa shape index (κ3) is 7.00. The largest absolute Gasteiger partial charge is 0.453 e. The predicted molar refractivity (Wildman–Crippen MR) is 206 cm³/mol. The van der Waals surface area contributed by atoms with Gasteiger partial charge in [0.1, 0.15) is 17.7 Å². The van der Waals surface area contributed by atoms with E-state index in [-0.39, 0.29) is 47.4 Å². The zero-order valence-corrected chi connectivity index (χ0v) is 31.9. The highest BCUT2D eigenvalue weighted by Gasteiger charge is 2.53. The first-order valence-electron chi connectivity index (χ1n) is 19.7. The Morgan fingerprint density at radius 3 is 2.02 bits per heavy atom. The highest BCUT2D eigenvalue weighted by atomic mass is 16.5. The normalized spacial score (nSPS) is 25.1. The van der Waals surface area contributed by atoms with E-state index in [9.17, 15) is 19.2 Å². The van der Waals surface area contributed by atoms with Gasteiger partial charge < -0.3 is 24.9 Å². The van der Waals surface area contributed by atoms with Crippen LogP contribution >= 0.6 is 0 Å². The number of hydrogen-bond donors (Lipinski definition) is 4. The molecule has 4 aromatic rings. The second kappa shape index (κ2) is 15.0. The number of hydrazine groups is 1. The van der Waals surface area contributed by atoms with Crippen LogP contribution in [0.4, 0.5) is 4.79 Å². The molecule has 4 aliphatic rings. The minimum atomic E-state index is -0.681. The number of likely N-dealkylation sites (tertiary alicyclic amines) is 1. The number of carbonyl (C=O) groups is 4. The zero-order chi connectivity index (χ0) is 38.4. The van der Waals surface area contributed by atoms with Gasteiger partial charge in [-0.3, -0.25) is 24.8 Å². The minimum absolute atomic E-state index is 0.00445. The Morgan fingerprint density at radius 1 is 0.818 bits per heavy atom. The number of carbonyl (C=O) groups excluding carboxylic acids is 4. The quantitative estimate of drug-likeness (QED) is 0.150. The maximum Gasteiger partial charge on any atom is 0.407 e. The van der Waals surface area contributed by atoms with Crippen LogP contribution in [0.1, 0.15) is 82.9 Å². The lowest BCUT2D eigenvalue weighted by Gasteiger charge is -2.30. The summed E-state index contributed by atoms with van der Waals surface area (Å²) in [4.78, 5) is 69.9. The topological polar surface area (TPSA) is 165 Å². The number of aromatic amines is 2. The van der Waals surface area contributed by atoms with Gasteiger partial charge >= 0.3 is 6.09 Å². The summed E-state index contributed by atoms with van der Waals surface area (Å²) in [5, 5.41) is 4.21. The molecule has 2 saturated heterocycles. The monoisotopic (exact) mass is 746 g/mol. The summed E-state index contributed by atoms with van der Waals surface area (Å²) >= 11 is 0. The SMILES string of the molecule is COC(=O)NC(C(=O)N1CCC[C@H]1c1ncc(-c2ccc(-c3ccc(-c4cnc([C@@H]5[C@H]6CC[C@H](C6)[C@H]5C(=O)NN5CC[C@H](C)C5=O)[nH]4)cc3)cc2)[nH]1)C(C)C. The number of imidazole rings is 2. The molecule has 0 radical (unpaired) electrons. The van der Waals surface area contributed by atoms with Crippen molar-refractivity contribution >= 4 is 23.8 Å². The van der Waals surface area contributed by atoms with E-state index in [1.54, 1.807) is 0 Å². The Morgan fingerprint density at radius 2 is 1.42 bits per heavy atom. The van der Waals surface area contributed by atoms with Crippen molar-refractivity contribution in [1.82, 2.24) is 40.6 Å². The average molecular weight is 747 g/mol. The second-order valence-corrected chi connectivity index (χ2v) is 16.1. The maximum absolute atomic E-state index is 13.6. The van der Waals surface area contributed by atoms with Crippen LogP contribution < -0.4 is 10.7 Å². The molecule has 0 spiro atoms. The molecule has 4 fully saturated rings. The number of hydrogen-bond acceptors (Lipinski definition) is 7. The highest BCUT2D eigenvalue weighted by molar-refractivity contribution is 5.87. The fourth-order valence-corrected chi connectivity index (χ4v) is 9.39. The van der Waals surface area contributed by atoms with Crippen molar-refractivity contribution in [2.45, 2.75) is 77.3 Å². The molecule has 13 heteroatoms. The molecule has 1 unspecified atom stereocenters. The van der Waals surface area contributed by atoms with Crippen molar-refractivity contribution in [1.29, 1.82) is 0 Å². The average Bonchev–Trinajstić information content (AvgIpc) is 4.06. The molecule has 4 heterocycles. The second-order valence-electron chi connectivity index (χ2n) is 16.1. The molecule has 2 aliphatic carbocycles. The van der Waals surface area contributed by atoms with Crippen molar-refractivity contribution < 1.29 is 23.9 Å². The summed E-state index contributed by atoms with van der Waals surface area (Å²) in [6, 6.07) is 15.8. The number of ether oxygens (including phenoxy) is 1. The van der Waals surface area contributed by atoms with Gasteiger partial charge in [0.05, 0.1) is 42.9 Å². The number of alkyl carbamates (subject to hydrolysis) is 1. The molecule has 13 nitrogen and oxygen atoms in total. The Balaban J connectivity index is 0.923. The van der Waals surface area contributed by atoms with Crippen LogP contribution in [-0.2, 0) is 19.1 Å². The van der Waals surface area contributed by atoms with E-state index in [2.05, 4.69) is 74.2 Å². The lowest BCUT2D eigenvalue weighted by Crippen LogP contribution is -2.51. The molecule has 4 amide bonds. The van der Waals surface area contributed by atoms with E-state index in [1.165, 1.54) is 12.1 Å². The van der Waals surface area contributed by atoms with Crippen molar-refractivity contribution in [3.05, 3.63) is 72.6 Å². The Kier molecular flexibility index (Phi) is 9.95. The number of nitrogens with zero attached hydrogens (tertiary/aromatic N) is 4. The van der Waals surface area contributed by atoms with E-state index in [1.807, 2.05) is 38.1 Å². The number of nitrogens with one attached hydrogen (secondary N) is 4. The van der Waals surface area contributed by atoms with Crippen LogP contribution in [0, 0.1) is 29.6 Å². The first-order chi connectivity index (χ1) is 26.6. The van der Waals surface area contributed by atoms with E-state index < -0.39 is 12.1 Å². The van der Waals surface area contributed by atoms with Gasteiger partial charge in [-0.05, 0) is 78.5 Å². The van der Waals surface area contributed by atoms with Gasteiger partial charge in [0.25, 0.3) is 0 Å². The summed E-state index contributed by atoms with van der Waals surface area (Å²) in [6.07, 6.45) is 8.63. The molecular formula is C42H50N8O5. The number of amides is 4. The van der Waals surface area contributed by atoms with Crippen LogP contribution in [0.2, 0.25) is 0 Å². The number of H-pyrrole nitrogens is 2. The van der Waals surface area contributed by atoms with Gasteiger partial charge in [0.15, 0.2) is 0 Å². The van der Waals surface area contributed by atoms with E-state index in [4.69, 9.17) is 9.72 Å². The molecule has 4 N–H and O–H groups in total. The summed E-state index contributed by atoms with van der Waals surface area (Å²) < 4.78 is 4.76.